The van der Waals surface area contributed by atoms with Crippen LogP contribution >= 0.6 is 0 Å². The van der Waals surface area contributed by atoms with Crippen LogP contribution in [0.3, 0.4) is 0 Å². The van der Waals surface area contributed by atoms with Gasteiger partial charge in [-0.05, 0) is 29.8 Å². The molecule has 22 heavy (non-hydrogen) atoms. The van der Waals surface area contributed by atoms with Crippen molar-refractivity contribution in [3.63, 3.8) is 0 Å². The molecule has 4 nitrogen and oxygen atoms in total. The highest BCUT2D eigenvalue weighted by Gasteiger charge is 2.10. The molecule has 0 amide bonds. The van der Waals surface area contributed by atoms with Gasteiger partial charge in [0.05, 0.1) is 11.0 Å². The molecule has 0 aliphatic heterocycles. The number of rotatable bonds is 1. The average molecular weight is 288 g/mol. The number of hydrogen-bond acceptors (Lipinski definition) is 3. The van der Waals surface area contributed by atoms with Gasteiger partial charge < -0.3 is 5.11 Å². The van der Waals surface area contributed by atoms with Crippen molar-refractivity contribution >= 4 is 16.7 Å². The third-order valence-corrected chi connectivity index (χ3v) is 3.72. The van der Waals surface area contributed by atoms with Crippen molar-refractivity contribution in [2.45, 2.75) is 0 Å². The van der Waals surface area contributed by atoms with Crippen molar-refractivity contribution in [3.05, 3.63) is 77.1 Å². The fourth-order valence-corrected chi connectivity index (χ4v) is 2.65. The summed E-state index contributed by atoms with van der Waals surface area (Å²) in [6.07, 6.45) is 1.87. The molecular formula is C18H12N2O2. The zero-order valence-electron chi connectivity index (χ0n) is 11.6. The summed E-state index contributed by atoms with van der Waals surface area (Å²) in [7, 11) is 0. The fraction of sp³-hybridized carbons (Fsp3) is 0. The van der Waals surface area contributed by atoms with Crippen molar-refractivity contribution in [3.8, 4) is 16.9 Å². The van der Waals surface area contributed by atoms with Gasteiger partial charge in [0.15, 0.2) is 5.75 Å². The highest BCUT2D eigenvalue weighted by Crippen LogP contribution is 2.26. The van der Waals surface area contributed by atoms with Crippen LogP contribution in [0, 0.1) is 0 Å². The predicted octanol–water partition coefficient (Wildman–Crippen LogP) is 3.22. The summed E-state index contributed by atoms with van der Waals surface area (Å²) in [6, 6.07) is 18.4. The van der Waals surface area contributed by atoms with Gasteiger partial charge in [0.1, 0.15) is 5.65 Å². The van der Waals surface area contributed by atoms with Crippen LogP contribution in [0.5, 0.6) is 5.75 Å². The molecule has 4 rings (SSSR count). The smallest absolute Gasteiger partial charge is 0.222 e. The molecule has 0 saturated heterocycles. The summed E-state index contributed by atoms with van der Waals surface area (Å²) in [6.45, 7) is 0. The second-order valence-corrected chi connectivity index (χ2v) is 5.09. The summed E-state index contributed by atoms with van der Waals surface area (Å²) in [5.74, 6) is -0.272. The molecule has 1 N–H and O–H groups in total. The molecule has 0 bridgehead atoms. The van der Waals surface area contributed by atoms with E-state index in [0.29, 0.717) is 11.0 Å². The fourth-order valence-electron chi connectivity index (χ4n) is 2.65. The first-order valence-electron chi connectivity index (χ1n) is 6.93. The lowest BCUT2D eigenvalue weighted by Gasteiger charge is -2.03. The molecule has 4 aromatic rings. The predicted molar refractivity (Wildman–Crippen MR) is 86.1 cm³/mol. The molecule has 2 heterocycles. The van der Waals surface area contributed by atoms with E-state index in [1.54, 1.807) is 6.07 Å². The van der Waals surface area contributed by atoms with Crippen molar-refractivity contribution in [2.24, 2.45) is 0 Å². The Bertz CT molecular complexity index is 1050. The van der Waals surface area contributed by atoms with E-state index in [-0.39, 0.29) is 5.75 Å². The number of aromatic nitrogens is 2. The van der Waals surface area contributed by atoms with Crippen molar-refractivity contribution in [2.75, 3.05) is 0 Å². The van der Waals surface area contributed by atoms with E-state index in [4.69, 9.17) is 0 Å². The monoisotopic (exact) mass is 288 g/mol. The molecule has 0 radical (unpaired) electrons. The Kier molecular flexibility index (Phi) is 2.69. The lowest BCUT2D eigenvalue weighted by Crippen LogP contribution is -1.94. The molecule has 4 heteroatoms. The summed E-state index contributed by atoms with van der Waals surface area (Å²) in [5.41, 5.74) is 3.78. The number of nitrogens with zero attached hydrogens (tertiary/aromatic N) is 2. The van der Waals surface area contributed by atoms with Gasteiger partial charge in [-0.15, -0.1) is 0 Å². The molecule has 0 aliphatic carbocycles. The van der Waals surface area contributed by atoms with Gasteiger partial charge >= 0.3 is 0 Å². The zero-order chi connectivity index (χ0) is 15.1. The maximum Gasteiger partial charge on any atom is 0.222 e. The molecule has 0 fully saturated rings. The minimum atomic E-state index is -0.415. The van der Waals surface area contributed by atoms with Crippen LogP contribution in [0.15, 0.2) is 71.7 Å². The molecular weight excluding hydrogens is 276 g/mol. The zero-order valence-corrected chi connectivity index (χ0v) is 11.6. The van der Waals surface area contributed by atoms with Gasteiger partial charge in [-0.1, -0.05) is 30.3 Å². The molecule has 2 aromatic heterocycles. The van der Waals surface area contributed by atoms with Crippen LogP contribution < -0.4 is 5.43 Å². The van der Waals surface area contributed by atoms with Gasteiger partial charge in [-0.25, -0.2) is 4.98 Å². The maximum atomic E-state index is 11.8. The maximum absolute atomic E-state index is 11.8. The highest BCUT2D eigenvalue weighted by atomic mass is 16.3. The van der Waals surface area contributed by atoms with E-state index in [1.807, 2.05) is 53.1 Å². The molecule has 0 unspecified atom stereocenters. The molecule has 0 aliphatic rings. The number of hydrogen-bond donors (Lipinski definition) is 1. The lowest BCUT2D eigenvalue weighted by atomic mass is 10.1. The minimum Gasteiger partial charge on any atom is -0.504 e. The Morgan fingerprint density at radius 3 is 2.59 bits per heavy atom. The van der Waals surface area contributed by atoms with E-state index >= 15 is 0 Å². The van der Waals surface area contributed by atoms with Crippen LogP contribution in [0.2, 0.25) is 0 Å². The minimum absolute atomic E-state index is 0.272. The molecule has 0 saturated carbocycles. The van der Waals surface area contributed by atoms with Crippen LogP contribution in [-0.4, -0.2) is 14.5 Å². The third kappa shape index (κ3) is 1.85. The van der Waals surface area contributed by atoms with E-state index in [2.05, 4.69) is 4.98 Å². The summed E-state index contributed by atoms with van der Waals surface area (Å²) < 4.78 is 1.87. The normalized spacial score (nSPS) is 11.1. The average Bonchev–Trinajstić information content (AvgIpc) is 2.84. The molecule has 0 atom stereocenters. The number of fused-ring (bicyclic) bond motifs is 3. The lowest BCUT2D eigenvalue weighted by molar-refractivity contribution is 0.471. The number of pyridine rings is 1. The first-order valence-corrected chi connectivity index (χ1v) is 6.93. The van der Waals surface area contributed by atoms with Crippen LogP contribution in [0.1, 0.15) is 0 Å². The molecule has 2 aromatic carbocycles. The SMILES string of the molecule is O=c1cc2c(ccc1O)nc1c(-c3ccccc3)cccn12. The van der Waals surface area contributed by atoms with E-state index in [0.717, 1.165) is 16.8 Å². The van der Waals surface area contributed by atoms with Crippen LogP contribution in [0.25, 0.3) is 27.8 Å². The van der Waals surface area contributed by atoms with E-state index < -0.39 is 5.43 Å². The Morgan fingerprint density at radius 2 is 1.77 bits per heavy atom. The van der Waals surface area contributed by atoms with E-state index in [1.165, 1.54) is 12.1 Å². The van der Waals surface area contributed by atoms with Gasteiger partial charge in [0.25, 0.3) is 0 Å². The Hall–Kier alpha value is -3.14. The Balaban J connectivity index is 2.14. The van der Waals surface area contributed by atoms with Crippen LogP contribution in [0.4, 0.5) is 0 Å². The first kappa shape index (κ1) is 12.6. The second kappa shape index (κ2) is 4.70. The standard InChI is InChI=1S/C18H12N2O2/c21-16-9-8-14-15(11-17(16)22)20-10-4-7-13(18(20)19-14)12-5-2-1-3-6-12/h1-11H,(H,21,22). The summed E-state index contributed by atoms with van der Waals surface area (Å²) in [4.78, 5) is 16.5. The quantitative estimate of drug-likeness (QED) is 0.585. The third-order valence-electron chi connectivity index (χ3n) is 3.72. The number of aromatic hydroxyl groups is 1. The topological polar surface area (TPSA) is 54.6 Å². The van der Waals surface area contributed by atoms with Gasteiger partial charge in [0.2, 0.25) is 5.43 Å². The van der Waals surface area contributed by atoms with Crippen molar-refractivity contribution < 1.29 is 5.11 Å². The van der Waals surface area contributed by atoms with Crippen molar-refractivity contribution in [1.29, 1.82) is 0 Å². The number of benzene rings is 1. The Labute approximate surface area is 125 Å². The Morgan fingerprint density at radius 1 is 0.955 bits per heavy atom. The molecule has 0 spiro atoms. The van der Waals surface area contributed by atoms with Gasteiger partial charge in [-0.3, -0.25) is 9.20 Å². The number of imidazole rings is 1. The van der Waals surface area contributed by atoms with E-state index in [9.17, 15) is 9.90 Å². The highest BCUT2D eigenvalue weighted by molar-refractivity contribution is 5.87. The van der Waals surface area contributed by atoms with Crippen molar-refractivity contribution in [1.82, 2.24) is 9.38 Å². The first-order chi connectivity index (χ1) is 10.7. The van der Waals surface area contributed by atoms with Gasteiger partial charge in [0, 0.05) is 17.8 Å². The largest absolute Gasteiger partial charge is 0.504 e. The van der Waals surface area contributed by atoms with Gasteiger partial charge in [-0.2, -0.15) is 0 Å². The molecule has 106 valence electrons. The second-order valence-electron chi connectivity index (χ2n) is 5.09. The summed E-state index contributed by atoms with van der Waals surface area (Å²) in [5, 5.41) is 9.56. The summed E-state index contributed by atoms with van der Waals surface area (Å²) >= 11 is 0. The van der Waals surface area contributed by atoms with Crippen LogP contribution in [-0.2, 0) is 0 Å².